The van der Waals surface area contributed by atoms with E-state index in [1.54, 1.807) is 0 Å². The van der Waals surface area contributed by atoms with E-state index in [9.17, 15) is 9.59 Å². The first kappa shape index (κ1) is 18.7. The third-order valence-electron chi connectivity index (χ3n) is 2.39. The van der Waals surface area contributed by atoms with Crippen molar-refractivity contribution in [3.05, 3.63) is 0 Å². The summed E-state index contributed by atoms with van der Waals surface area (Å²) in [6.45, 7) is 12.9. The van der Waals surface area contributed by atoms with Gasteiger partial charge in [0.05, 0.1) is 0 Å². The lowest BCUT2D eigenvalue weighted by atomic mass is 10.2. The van der Waals surface area contributed by atoms with E-state index in [-0.39, 0.29) is 17.9 Å². The number of hydrogen-bond donors (Lipinski definition) is 3. The molecule has 0 bridgehead atoms. The zero-order chi connectivity index (χ0) is 15.8. The lowest BCUT2D eigenvalue weighted by Crippen LogP contribution is -2.43. The molecule has 1 atom stereocenters. The molecule has 0 fully saturated rings. The lowest BCUT2D eigenvalue weighted by molar-refractivity contribution is -0.123. The Hall–Kier alpha value is -1.30. The van der Waals surface area contributed by atoms with Crippen LogP contribution >= 0.6 is 0 Å². The number of rotatable bonds is 7. The third-order valence-corrected chi connectivity index (χ3v) is 2.39. The Bertz CT molecular complexity index is 311. The van der Waals surface area contributed by atoms with Gasteiger partial charge in [-0.25, -0.2) is 4.79 Å². The van der Waals surface area contributed by atoms with Gasteiger partial charge in [-0.1, -0.05) is 13.8 Å². The quantitative estimate of drug-likeness (QED) is 0.616. The van der Waals surface area contributed by atoms with E-state index in [4.69, 9.17) is 4.74 Å². The minimum Gasteiger partial charge on any atom is -0.444 e. The van der Waals surface area contributed by atoms with Gasteiger partial charge in [0.2, 0.25) is 5.91 Å². The minimum atomic E-state index is -0.484. The Morgan fingerprint density at radius 2 is 1.65 bits per heavy atom. The highest BCUT2D eigenvalue weighted by Gasteiger charge is 2.16. The van der Waals surface area contributed by atoms with Crippen LogP contribution in [0.5, 0.6) is 0 Å². The average Bonchev–Trinajstić information content (AvgIpc) is 2.29. The van der Waals surface area contributed by atoms with Crippen molar-refractivity contribution in [1.82, 2.24) is 16.0 Å². The summed E-state index contributed by atoms with van der Waals surface area (Å²) in [4.78, 5) is 22.8. The Morgan fingerprint density at radius 1 is 1.05 bits per heavy atom. The van der Waals surface area contributed by atoms with Crippen LogP contribution in [0.2, 0.25) is 0 Å². The summed E-state index contributed by atoms with van der Waals surface area (Å²) in [5, 5.41) is 8.73. The molecule has 20 heavy (non-hydrogen) atoms. The molecule has 0 spiro atoms. The van der Waals surface area contributed by atoms with Crippen LogP contribution in [0.1, 0.15) is 41.5 Å². The summed E-state index contributed by atoms with van der Waals surface area (Å²) in [6.07, 6.45) is -0.417. The van der Waals surface area contributed by atoms with Gasteiger partial charge in [-0.2, -0.15) is 0 Å². The van der Waals surface area contributed by atoms with E-state index < -0.39 is 11.7 Å². The molecule has 0 radical (unpaired) electrons. The van der Waals surface area contributed by atoms with Crippen molar-refractivity contribution in [2.24, 2.45) is 5.92 Å². The molecule has 0 aromatic carbocycles. The van der Waals surface area contributed by atoms with E-state index in [1.165, 1.54) is 0 Å². The summed E-state index contributed by atoms with van der Waals surface area (Å²) in [6, 6.07) is 0.110. The van der Waals surface area contributed by atoms with Gasteiger partial charge in [-0.05, 0) is 27.7 Å². The van der Waals surface area contributed by atoms with Crippen LogP contribution in [-0.2, 0) is 9.53 Å². The molecule has 0 rings (SSSR count). The van der Waals surface area contributed by atoms with Gasteiger partial charge < -0.3 is 20.7 Å². The Morgan fingerprint density at radius 3 is 2.15 bits per heavy atom. The van der Waals surface area contributed by atoms with Gasteiger partial charge in [-0.15, -0.1) is 0 Å². The first-order chi connectivity index (χ1) is 9.11. The van der Waals surface area contributed by atoms with E-state index >= 15 is 0 Å². The summed E-state index contributed by atoms with van der Waals surface area (Å²) >= 11 is 0. The highest BCUT2D eigenvalue weighted by molar-refractivity contribution is 5.77. The van der Waals surface area contributed by atoms with E-state index in [1.807, 2.05) is 41.5 Å². The molecule has 3 N–H and O–H groups in total. The SMILES string of the molecule is CC(CNC(=O)OC(C)(C)C)NCCNC(=O)C(C)C. The van der Waals surface area contributed by atoms with Gasteiger partial charge >= 0.3 is 6.09 Å². The fourth-order valence-corrected chi connectivity index (χ4v) is 1.33. The maximum Gasteiger partial charge on any atom is 0.407 e. The van der Waals surface area contributed by atoms with Gasteiger partial charge in [0.25, 0.3) is 0 Å². The van der Waals surface area contributed by atoms with Crippen molar-refractivity contribution in [1.29, 1.82) is 0 Å². The molecule has 2 amide bonds. The highest BCUT2D eigenvalue weighted by Crippen LogP contribution is 2.06. The maximum atomic E-state index is 11.4. The molecule has 0 saturated heterocycles. The third kappa shape index (κ3) is 10.6. The largest absolute Gasteiger partial charge is 0.444 e. The molecule has 0 aliphatic rings. The second-order valence-electron chi connectivity index (χ2n) is 6.18. The molecular formula is C14H29N3O3. The molecule has 6 heteroatoms. The lowest BCUT2D eigenvalue weighted by Gasteiger charge is -2.21. The van der Waals surface area contributed by atoms with Crippen LogP contribution in [0, 0.1) is 5.92 Å². The van der Waals surface area contributed by atoms with Crippen LogP contribution in [0.4, 0.5) is 4.79 Å². The molecule has 118 valence electrons. The van der Waals surface area contributed by atoms with Crippen molar-refractivity contribution < 1.29 is 14.3 Å². The Balaban J connectivity index is 3.67. The van der Waals surface area contributed by atoms with Gasteiger partial charge in [-0.3, -0.25) is 4.79 Å². The molecule has 0 aromatic rings. The number of nitrogens with one attached hydrogen (secondary N) is 3. The van der Waals surface area contributed by atoms with Crippen LogP contribution in [-0.4, -0.2) is 43.3 Å². The zero-order valence-corrected chi connectivity index (χ0v) is 13.5. The van der Waals surface area contributed by atoms with Gasteiger partial charge in [0.1, 0.15) is 5.60 Å². The second-order valence-corrected chi connectivity index (χ2v) is 6.18. The number of amides is 2. The number of hydrogen-bond acceptors (Lipinski definition) is 4. The molecule has 1 unspecified atom stereocenters. The summed E-state index contributed by atoms with van der Waals surface area (Å²) in [5.74, 6) is 0.0487. The zero-order valence-electron chi connectivity index (χ0n) is 13.5. The standard InChI is InChI=1S/C14H29N3O3/c1-10(2)12(18)16-8-7-15-11(3)9-17-13(19)20-14(4,5)6/h10-11,15H,7-9H2,1-6H3,(H,16,18)(H,17,19). The van der Waals surface area contributed by atoms with Crippen molar-refractivity contribution in [3.63, 3.8) is 0 Å². The highest BCUT2D eigenvalue weighted by atomic mass is 16.6. The van der Waals surface area contributed by atoms with Crippen LogP contribution < -0.4 is 16.0 Å². The topological polar surface area (TPSA) is 79.5 Å². The molecule has 0 saturated carbocycles. The number of carbonyl (C=O) groups is 2. The molecule has 0 aromatic heterocycles. The predicted molar refractivity (Wildman–Crippen MR) is 79.5 cm³/mol. The average molecular weight is 287 g/mol. The van der Waals surface area contributed by atoms with Gasteiger partial charge in [0, 0.05) is 31.6 Å². The number of ether oxygens (including phenoxy) is 1. The Labute approximate surface area is 122 Å². The monoisotopic (exact) mass is 287 g/mol. The smallest absolute Gasteiger partial charge is 0.407 e. The van der Waals surface area contributed by atoms with E-state index in [2.05, 4.69) is 16.0 Å². The summed E-state index contributed by atoms with van der Waals surface area (Å²) in [7, 11) is 0. The number of carbonyl (C=O) groups excluding carboxylic acids is 2. The fourth-order valence-electron chi connectivity index (χ4n) is 1.33. The first-order valence-corrected chi connectivity index (χ1v) is 7.09. The predicted octanol–water partition coefficient (Wildman–Crippen LogP) is 1.26. The minimum absolute atomic E-state index is 0.00117. The van der Waals surface area contributed by atoms with Crippen LogP contribution in [0.25, 0.3) is 0 Å². The van der Waals surface area contributed by atoms with Crippen LogP contribution in [0.3, 0.4) is 0 Å². The van der Waals surface area contributed by atoms with E-state index in [0.29, 0.717) is 19.6 Å². The molecular weight excluding hydrogens is 258 g/mol. The first-order valence-electron chi connectivity index (χ1n) is 7.09. The molecule has 0 aliphatic heterocycles. The number of alkyl carbamates (subject to hydrolysis) is 1. The Kier molecular flexibility index (Phi) is 8.22. The molecule has 0 heterocycles. The summed E-state index contributed by atoms with van der Waals surface area (Å²) < 4.78 is 5.14. The van der Waals surface area contributed by atoms with Crippen molar-refractivity contribution in [2.75, 3.05) is 19.6 Å². The molecule has 6 nitrogen and oxygen atoms in total. The summed E-state index contributed by atoms with van der Waals surface area (Å²) in [5.41, 5.74) is -0.484. The van der Waals surface area contributed by atoms with Crippen LogP contribution in [0.15, 0.2) is 0 Å². The van der Waals surface area contributed by atoms with Crippen molar-refractivity contribution >= 4 is 12.0 Å². The molecule has 0 aliphatic carbocycles. The van der Waals surface area contributed by atoms with Crippen molar-refractivity contribution in [2.45, 2.75) is 53.2 Å². The van der Waals surface area contributed by atoms with Crippen molar-refractivity contribution in [3.8, 4) is 0 Å². The van der Waals surface area contributed by atoms with Gasteiger partial charge in [0.15, 0.2) is 0 Å². The normalized spacial score (nSPS) is 12.9. The second kappa shape index (κ2) is 8.79. The fraction of sp³-hybridized carbons (Fsp3) is 0.857. The van der Waals surface area contributed by atoms with E-state index in [0.717, 1.165) is 0 Å². The maximum absolute atomic E-state index is 11.4.